The van der Waals surface area contributed by atoms with Gasteiger partial charge in [-0.15, -0.1) is 0 Å². The minimum absolute atomic E-state index is 0.804. The van der Waals surface area contributed by atoms with Crippen LogP contribution >= 0.6 is 0 Å². The standard InChI is InChI=1S/C42H36BO3/c1-41(2,44)42(3,4)46-43-35-24-32(31-21-19-30(20-22-31)28-13-7-5-8-14-28)23-34(25-35)37-26-33(29-15-9-6-10-16-29)27-39-40(37)36-17-11-12-18-38(36)45-39/h5-27,44H,1-4H3. The Hall–Kier alpha value is -4.90. The third-order valence-corrected chi connectivity index (χ3v) is 9.14. The van der Waals surface area contributed by atoms with Crippen LogP contribution in [0, 0.1) is 0 Å². The molecule has 0 saturated carbocycles. The molecule has 0 amide bonds. The smallest absolute Gasteiger partial charge is 0.330 e. The molecule has 0 saturated heterocycles. The van der Waals surface area contributed by atoms with Gasteiger partial charge in [-0.05, 0) is 96.5 Å². The van der Waals surface area contributed by atoms with Crippen LogP contribution < -0.4 is 5.46 Å². The highest BCUT2D eigenvalue weighted by atomic mass is 16.5. The topological polar surface area (TPSA) is 42.6 Å². The Morgan fingerprint density at radius 2 is 1.04 bits per heavy atom. The van der Waals surface area contributed by atoms with Crippen molar-refractivity contribution in [1.29, 1.82) is 0 Å². The number of rotatable bonds is 8. The van der Waals surface area contributed by atoms with E-state index in [1.807, 2.05) is 38.1 Å². The van der Waals surface area contributed by atoms with Crippen LogP contribution in [0.3, 0.4) is 0 Å². The first-order valence-corrected chi connectivity index (χ1v) is 15.7. The second-order valence-electron chi connectivity index (χ2n) is 13.0. The highest BCUT2D eigenvalue weighted by Crippen LogP contribution is 2.41. The minimum atomic E-state index is -1.04. The quantitative estimate of drug-likeness (QED) is 0.177. The van der Waals surface area contributed by atoms with E-state index in [1.54, 1.807) is 21.3 Å². The maximum absolute atomic E-state index is 10.8. The predicted octanol–water partition coefficient (Wildman–Crippen LogP) is 10.1. The van der Waals surface area contributed by atoms with Crippen molar-refractivity contribution < 1.29 is 14.2 Å². The number of fused-ring (bicyclic) bond motifs is 3. The number of furan rings is 1. The number of hydrogen-bond acceptors (Lipinski definition) is 3. The molecule has 0 spiro atoms. The zero-order chi connectivity index (χ0) is 31.9. The van der Waals surface area contributed by atoms with E-state index >= 15 is 0 Å². The Balaban J connectivity index is 1.41. The van der Waals surface area contributed by atoms with Gasteiger partial charge in [0.15, 0.2) is 0 Å². The number of hydrogen-bond donors (Lipinski definition) is 1. The Morgan fingerprint density at radius 3 is 1.70 bits per heavy atom. The summed E-state index contributed by atoms with van der Waals surface area (Å²) >= 11 is 0. The van der Waals surface area contributed by atoms with Gasteiger partial charge in [0.05, 0.1) is 11.2 Å². The van der Waals surface area contributed by atoms with Gasteiger partial charge < -0.3 is 14.2 Å². The van der Waals surface area contributed by atoms with Crippen LogP contribution in [0.15, 0.2) is 144 Å². The van der Waals surface area contributed by atoms with Crippen molar-refractivity contribution in [2.24, 2.45) is 0 Å². The van der Waals surface area contributed by atoms with Crippen molar-refractivity contribution in [3.63, 3.8) is 0 Å². The van der Waals surface area contributed by atoms with Gasteiger partial charge in [-0.2, -0.15) is 0 Å². The maximum Gasteiger partial charge on any atom is 0.330 e. The second kappa shape index (κ2) is 11.8. The van der Waals surface area contributed by atoms with Crippen LogP contribution in [0.25, 0.3) is 66.4 Å². The molecule has 1 radical (unpaired) electrons. The van der Waals surface area contributed by atoms with E-state index in [2.05, 4.69) is 115 Å². The Morgan fingerprint density at radius 1 is 0.522 bits per heavy atom. The zero-order valence-corrected chi connectivity index (χ0v) is 26.6. The average molecular weight is 600 g/mol. The lowest BCUT2D eigenvalue weighted by Crippen LogP contribution is -2.49. The molecule has 6 aromatic carbocycles. The molecule has 0 bridgehead atoms. The van der Waals surface area contributed by atoms with Gasteiger partial charge in [0.1, 0.15) is 11.2 Å². The molecular weight excluding hydrogens is 563 g/mol. The molecule has 0 aliphatic rings. The number of benzene rings is 6. The van der Waals surface area contributed by atoms with Gasteiger partial charge in [-0.3, -0.25) is 0 Å². The van der Waals surface area contributed by atoms with Crippen LogP contribution in [0.1, 0.15) is 27.7 Å². The fourth-order valence-corrected chi connectivity index (χ4v) is 5.77. The largest absolute Gasteiger partial charge is 0.456 e. The van der Waals surface area contributed by atoms with Crippen molar-refractivity contribution >= 4 is 34.9 Å². The Bertz CT molecular complexity index is 2140. The summed E-state index contributed by atoms with van der Waals surface area (Å²) in [4.78, 5) is 0. The predicted molar refractivity (Wildman–Crippen MR) is 192 cm³/mol. The van der Waals surface area contributed by atoms with Gasteiger partial charge in [-0.1, -0.05) is 121 Å². The van der Waals surface area contributed by atoms with Crippen molar-refractivity contribution in [2.45, 2.75) is 38.9 Å². The molecule has 7 aromatic rings. The molecule has 1 heterocycles. The second-order valence-corrected chi connectivity index (χ2v) is 13.0. The van der Waals surface area contributed by atoms with Crippen molar-refractivity contribution in [3.8, 4) is 44.5 Å². The highest BCUT2D eigenvalue weighted by Gasteiger charge is 2.35. The van der Waals surface area contributed by atoms with Crippen LogP contribution in [-0.2, 0) is 4.65 Å². The van der Waals surface area contributed by atoms with Crippen LogP contribution in [0.2, 0.25) is 0 Å². The van der Waals surface area contributed by atoms with Gasteiger partial charge >= 0.3 is 7.48 Å². The lowest BCUT2D eigenvalue weighted by atomic mass is 9.79. The monoisotopic (exact) mass is 599 g/mol. The molecule has 0 unspecified atom stereocenters. The maximum atomic E-state index is 10.8. The third-order valence-electron chi connectivity index (χ3n) is 9.14. The van der Waals surface area contributed by atoms with Crippen molar-refractivity contribution in [1.82, 2.24) is 0 Å². The molecule has 0 atom stereocenters. The summed E-state index contributed by atoms with van der Waals surface area (Å²) in [5, 5.41) is 12.9. The lowest BCUT2D eigenvalue weighted by Gasteiger charge is -2.37. The third kappa shape index (κ3) is 5.78. The van der Waals surface area contributed by atoms with E-state index in [0.29, 0.717) is 0 Å². The zero-order valence-electron chi connectivity index (χ0n) is 26.6. The molecule has 4 heteroatoms. The summed E-state index contributed by atoms with van der Waals surface area (Å²) in [6.45, 7) is 7.35. The van der Waals surface area contributed by atoms with E-state index in [1.165, 1.54) is 11.1 Å². The van der Waals surface area contributed by atoms with Gasteiger partial charge in [0.25, 0.3) is 0 Å². The summed E-state index contributed by atoms with van der Waals surface area (Å²) in [5.41, 5.74) is 9.65. The summed E-state index contributed by atoms with van der Waals surface area (Å²) in [6, 6.07) is 48.7. The number of aliphatic hydroxyl groups is 1. The summed E-state index contributed by atoms with van der Waals surface area (Å²) in [6.07, 6.45) is 0. The van der Waals surface area contributed by atoms with Crippen LogP contribution in [0.4, 0.5) is 0 Å². The van der Waals surface area contributed by atoms with E-state index < -0.39 is 11.2 Å². The molecule has 0 aliphatic heterocycles. The van der Waals surface area contributed by atoms with Gasteiger partial charge in [0, 0.05) is 10.8 Å². The first-order valence-electron chi connectivity index (χ1n) is 15.7. The Labute approximate surface area is 271 Å². The molecule has 225 valence electrons. The van der Waals surface area contributed by atoms with Crippen molar-refractivity contribution in [2.75, 3.05) is 0 Å². The molecule has 0 aliphatic carbocycles. The molecule has 1 N–H and O–H groups in total. The lowest BCUT2D eigenvalue weighted by molar-refractivity contribution is -0.0893. The SMILES string of the molecule is CC(C)(O)C(C)(C)O[B]c1cc(-c2ccc(-c3ccccc3)cc2)cc(-c2cc(-c3ccccc3)cc3oc4ccccc4c23)c1. The fourth-order valence-electron chi connectivity index (χ4n) is 5.77. The minimum Gasteiger partial charge on any atom is -0.456 e. The highest BCUT2D eigenvalue weighted by molar-refractivity contribution is 6.47. The summed E-state index contributed by atoms with van der Waals surface area (Å²) in [7, 11) is 1.77. The van der Waals surface area contributed by atoms with E-state index in [9.17, 15) is 5.11 Å². The normalized spacial score (nSPS) is 12.1. The van der Waals surface area contributed by atoms with Gasteiger partial charge in [-0.25, -0.2) is 0 Å². The van der Waals surface area contributed by atoms with E-state index in [4.69, 9.17) is 9.07 Å². The molecule has 3 nitrogen and oxygen atoms in total. The molecule has 7 rings (SSSR count). The summed E-state index contributed by atoms with van der Waals surface area (Å²) < 4.78 is 12.7. The average Bonchev–Trinajstić information content (AvgIpc) is 3.46. The van der Waals surface area contributed by atoms with Gasteiger partial charge in [0.2, 0.25) is 0 Å². The molecule has 0 fully saturated rings. The Kier molecular flexibility index (Phi) is 7.64. The molecule has 1 aromatic heterocycles. The van der Waals surface area contributed by atoms with Crippen LogP contribution in [0.5, 0.6) is 0 Å². The van der Waals surface area contributed by atoms with E-state index in [0.717, 1.165) is 60.8 Å². The fraction of sp³-hybridized carbons (Fsp3) is 0.143. The molecular formula is C42H36BO3. The van der Waals surface area contributed by atoms with Crippen molar-refractivity contribution in [3.05, 3.63) is 140 Å². The van der Waals surface area contributed by atoms with Crippen LogP contribution in [-0.4, -0.2) is 23.8 Å². The first-order chi connectivity index (χ1) is 22.2. The van der Waals surface area contributed by atoms with E-state index in [-0.39, 0.29) is 0 Å². The first kappa shape index (κ1) is 29.8. The summed E-state index contributed by atoms with van der Waals surface area (Å²) in [5.74, 6) is 0. The number of para-hydroxylation sites is 1. The molecule has 46 heavy (non-hydrogen) atoms.